The van der Waals surface area contributed by atoms with Crippen molar-refractivity contribution in [2.45, 2.75) is 32.1 Å². The Labute approximate surface area is 191 Å². The van der Waals surface area contributed by atoms with Crippen molar-refractivity contribution in [3.8, 4) is 0 Å². The van der Waals surface area contributed by atoms with Crippen LogP contribution >= 0.6 is 11.6 Å². The van der Waals surface area contributed by atoms with Crippen molar-refractivity contribution in [3.63, 3.8) is 0 Å². The quantitative estimate of drug-likeness (QED) is 0.658. The number of pyridine rings is 1. The number of benzene rings is 1. The zero-order valence-electron chi connectivity index (χ0n) is 17.5. The number of rotatable bonds is 5. The van der Waals surface area contributed by atoms with Gasteiger partial charge in [-0.05, 0) is 30.7 Å². The van der Waals surface area contributed by atoms with E-state index in [0.717, 1.165) is 34.2 Å². The van der Waals surface area contributed by atoms with Crippen molar-refractivity contribution in [1.29, 1.82) is 0 Å². The molecule has 0 bridgehead atoms. The maximum absolute atomic E-state index is 14.5. The zero-order valence-corrected chi connectivity index (χ0v) is 18.3. The molecule has 1 N–H and O–H groups in total. The van der Waals surface area contributed by atoms with Crippen LogP contribution in [0.25, 0.3) is 0 Å². The second kappa shape index (κ2) is 8.97. The zero-order chi connectivity index (χ0) is 24.6. The van der Waals surface area contributed by atoms with E-state index < -0.39 is 53.2 Å². The molecule has 2 aromatic rings. The number of nitrogens with one attached hydrogen (secondary N) is 1. The highest BCUT2D eigenvalue weighted by atomic mass is 35.5. The van der Waals surface area contributed by atoms with Gasteiger partial charge in [-0.25, -0.2) is 9.37 Å². The normalized spacial score (nSPS) is 19.1. The molecule has 0 aliphatic carbocycles. The van der Waals surface area contributed by atoms with Crippen LogP contribution in [0.2, 0.25) is 5.02 Å². The van der Waals surface area contributed by atoms with Crippen molar-refractivity contribution in [2.24, 2.45) is 0 Å². The number of aromatic nitrogens is 1. The number of nitrogens with zero attached hydrogens (tertiary/aromatic N) is 3. The van der Waals surface area contributed by atoms with Crippen LogP contribution in [0.3, 0.4) is 0 Å². The number of alkyl halides is 3. The van der Waals surface area contributed by atoms with Gasteiger partial charge in [-0.1, -0.05) is 23.7 Å². The maximum atomic E-state index is 14.5. The average molecular weight is 487 g/mol. The Balaban J connectivity index is 1.96. The fraction of sp³-hybridized carbons (Fsp3) is 0.333. The SMILES string of the molecule is CC(=O)NC[C@]1(C)C(=O)N(c2ncc(Cl)cc2F)CC(=O)N1Cc1ccc(C(F)(F)F)cc1. The van der Waals surface area contributed by atoms with Gasteiger partial charge in [0.15, 0.2) is 11.6 Å². The third-order valence-corrected chi connectivity index (χ3v) is 5.45. The van der Waals surface area contributed by atoms with Crippen molar-refractivity contribution >= 4 is 35.1 Å². The number of hydrogen-bond donors (Lipinski definition) is 1. The molecule has 0 radical (unpaired) electrons. The largest absolute Gasteiger partial charge is 0.416 e. The highest BCUT2D eigenvalue weighted by molar-refractivity contribution is 6.30. The van der Waals surface area contributed by atoms with Gasteiger partial charge in [0.2, 0.25) is 11.8 Å². The van der Waals surface area contributed by atoms with Gasteiger partial charge in [-0.15, -0.1) is 0 Å². The first-order valence-corrected chi connectivity index (χ1v) is 10.0. The molecule has 0 spiro atoms. The Hall–Kier alpha value is -3.21. The fourth-order valence-electron chi connectivity index (χ4n) is 3.46. The molecule has 0 unspecified atom stereocenters. The van der Waals surface area contributed by atoms with Crippen LogP contribution in [0, 0.1) is 5.82 Å². The molecular formula is C21H19ClF4N4O3. The minimum absolute atomic E-state index is 0.00280. The lowest BCUT2D eigenvalue weighted by Gasteiger charge is -2.47. The molecule has 33 heavy (non-hydrogen) atoms. The fourth-order valence-corrected chi connectivity index (χ4v) is 3.61. The molecule has 12 heteroatoms. The summed E-state index contributed by atoms with van der Waals surface area (Å²) in [4.78, 5) is 43.8. The van der Waals surface area contributed by atoms with Crippen LogP contribution < -0.4 is 10.2 Å². The van der Waals surface area contributed by atoms with Crippen molar-refractivity contribution < 1.29 is 31.9 Å². The molecule has 1 aromatic carbocycles. The number of carbonyl (C=O) groups is 3. The molecule has 1 fully saturated rings. The molecular weight excluding hydrogens is 468 g/mol. The molecule has 3 rings (SSSR count). The van der Waals surface area contributed by atoms with Gasteiger partial charge < -0.3 is 10.2 Å². The Bertz CT molecular complexity index is 1090. The summed E-state index contributed by atoms with van der Waals surface area (Å²) < 4.78 is 53.0. The van der Waals surface area contributed by atoms with E-state index in [1.807, 2.05) is 0 Å². The van der Waals surface area contributed by atoms with Crippen LogP contribution in [0.15, 0.2) is 36.5 Å². The maximum Gasteiger partial charge on any atom is 0.416 e. The van der Waals surface area contributed by atoms with Gasteiger partial charge in [0.25, 0.3) is 5.91 Å². The summed E-state index contributed by atoms with van der Waals surface area (Å²) in [6.45, 7) is 1.53. The van der Waals surface area contributed by atoms with E-state index in [1.54, 1.807) is 0 Å². The van der Waals surface area contributed by atoms with Crippen molar-refractivity contribution in [2.75, 3.05) is 18.0 Å². The molecule has 0 saturated carbocycles. The number of amides is 3. The van der Waals surface area contributed by atoms with E-state index in [4.69, 9.17) is 11.6 Å². The summed E-state index contributed by atoms with van der Waals surface area (Å²) in [7, 11) is 0. The van der Waals surface area contributed by atoms with Gasteiger partial charge in [-0.2, -0.15) is 13.2 Å². The number of piperazine rings is 1. The lowest BCUT2D eigenvalue weighted by atomic mass is 9.93. The smallest absolute Gasteiger partial charge is 0.353 e. The summed E-state index contributed by atoms with van der Waals surface area (Å²) >= 11 is 5.72. The number of halogens is 5. The van der Waals surface area contributed by atoms with Crippen molar-refractivity contribution in [1.82, 2.24) is 15.2 Å². The molecule has 1 atom stereocenters. The summed E-state index contributed by atoms with van der Waals surface area (Å²) in [6.07, 6.45) is -3.40. The number of carbonyl (C=O) groups excluding carboxylic acids is 3. The summed E-state index contributed by atoms with van der Waals surface area (Å²) in [5.74, 6) is -3.13. The van der Waals surface area contributed by atoms with Crippen LogP contribution in [0.4, 0.5) is 23.4 Å². The Morgan fingerprint density at radius 3 is 2.42 bits per heavy atom. The minimum Gasteiger partial charge on any atom is -0.353 e. The molecule has 7 nitrogen and oxygen atoms in total. The van der Waals surface area contributed by atoms with Gasteiger partial charge in [0.1, 0.15) is 12.1 Å². The second-order valence-electron chi connectivity index (χ2n) is 7.71. The first-order valence-electron chi connectivity index (χ1n) is 9.67. The molecule has 1 aliphatic heterocycles. The van der Waals surface area contributed by atoms with Gasteiger partial charge in [-0.3, -0.25) is 19.3 Å². The summed E-state index contributed by atoms with van der Waals surface area (Å²) in [5, 5.41) is 2.48. The van der Waals surface area contributed by atoms with Gasteiger partial charge in [0.05, 0.1) is 10.6 Å². The van der Waals surface area contributed by atoms with Gasteiger partial charge in [0, 0.05) is 26.2 Å². The highest BCUT2D eigenvalue weighted by Gasteiger charge is 2.50. The highest BCUT2D eigenvalue weighted by Crippen LogP contribution is 2.32. The third kappa shape index (κ3) is 5.08. The Kier molecular flexibility index (Phi) is 6.64. The Morgan fingerprint density at radius 1 is 1.24 bits per heavy atom. The first-order chi connectivity index (χ1) is 15.3. The van der Waals surface area contributed by atoms with Crippen LogP contribution in [0.1, 0.15) is 25.0 Å². The first kappa shape index (κ1) is 24.4. The number of anilines is 1. The topological polar surface area (TPSA) is 82.6 Å². The monoisotopic (exact) mass is 486 g/mol. The summed E-state index contributed by atoms with van der Waals surface area (Å²) in [6, 6.07) is 5.09. The van der Waals surface area contributed by atoms with E-state index in [2.05, 4.69) is 10.3 Å². The van der Waals surface area contributed by atoms with Crippen LogP contribution in [-0.2, 0) is 27.1 Å². The summed E-state index contributed by atoms with van der Waals surface area (Å²) in [5.41, 5.74) is -2.19. The molecule has 3 amide bonds. The lowest BCUT2D eigenvalue weighted by molar-refractivity contribution is -0.151. The van der Waals surface area contributed by atoms with E-state index in [9.17, 15) is 31.9 Å². The minimum atomic E-state index is -4.52. The standard InChI is InChI=1S/C21H19ClF4N4O3/c1-12(31)28-11-20(2)19(33)29(18-16(23)7-15(22)8-27-18)10-17(32)30(20)9-13-3-5-14(6-4-13)21(24,25)26/h3-8H,9-11H2,1-2H3,(H,28,31)/t20-/m1/s1. The van der Waals surface area contributed by atoms with Gasteiger partial charge >= 0.3 is 6.18 Å². The predicted molar refractivity (Wildman–Crippen MR) is 111 cm³/mol. The average Bonchev–Trinajstić information content (AvgIpc) is 2.73. The molecule has 1 aliphatic rings. The molecule has 1 aromatic heterocycles. The predicted octanol–water partition coefficient (Wildman–Crippen LogP) is 3.16. The second-order valence-corrected chi connectivity index (χ2v) is 8.14. The Morgan fingerprint density at radius 2 is 1.88 bits per heavy atom. The molecule has 176 valence electrons. The van der Waals surface area contributed by atoms with Crippen molar-refractivity contribution in [3.05, 3.63) is 58.5 Å². The van der Waals surface area contributed by atoms with Crippen LogP contribution in [0.5, 0.6) is 0 Å². The molecule has 1 saturated heterocycles. The van der Waals surface area contributed by atoms with Crippen LogP contribution in [-0.4, -0.2) is 46.2 Å². The number of hydrogen-bond acceptors (Lipinski definition) is 4. The third-order valence-electron chi connectivity index (χ3n) is 5.24. The molecule has 2 heterocycles. The lowest BCUT2D eigenvalue weighted by Crippen LogP contribution is -2.70. The van der Waals surface area contributed by atoms with E-state index in [1.165, 1.54) is 26.0 Å². The van der Waals surface area contributed by atoms with E-state index in [0.29, 0.717) is 5.56 Å². The van der Waals surface area contributed by atoms with E-state index >= 15 is 0 Å². The van der Waals surface area contributed by atoms with E-state index in [-0.39, 0.29) is 18.1 Å².